The predicted octanol–water partition coefficient (Wildman–Crippen LogP) is 2.10. The predicted molar refractivity (Wildman–Crippen MR) is 37.0 cm³/mol. The summed E-state index contributed by atoms with van der Waals surface area (Å²) >= 11 is 10.6. The summed E-state index contributed by atoms with van der Waals surface area (Å²) in [5.41, 5.74) is -0.465. The second kappa shape index (κ2) is 2.27. The van der Waals surface area contributed by atoms with E-state index in [1.807, 2.05) is 0 Å². The van der Waals surface area contributed by atoms with Crippen LogP contribution in [-0.4, -0.2) is 16.8 Å². The molecular weight excluding hydrogens is 164 g/mol. The first-order chi connectivity index (χ1) is 4.10. The first kappa shape index (κ1) is 7.03. The van der Waals surface area contributed by atoms with Crippen LogP contribution in [0.15, 0.2) is 17.1 Å². The maximum absolute atomic E-state index is 12.5. The zero-order chi connectivity index (χ0) is 6.91. The van der Waals surface area contributed by atoms with Gasteiger partial charge < -0.3 is 0 Å². The zero-order valence-electron chi connectivity index (χ0n) is 4.39. The van der Waals surface area contributed by atoms with Crippen molar-refractivity contribution in [2.24, 2.45) is 4.99 Å². The molecule has 1 aliphatic rings. The van der Waals surface area contributed by atoms with Gasteiger partial charge in [0.2, 0.25) is 5.13 Å². The van der Waals surface area contributed by atoms with Crippen molar-refractivity contribution in [1.82, 2.24) is 0 Å². The SMILES string of the molecule is FC1(Cl)C=CC(Cl)N=C1. The van der Waals surface area contributed by atoms with Gasteiger partial charge in [-0.1, -0.05) is 23.2 Å². The standard InChI is InChI=1S/C5H4Cl2FN/c6-4-1-2-5(7,8)3-9-4/h1-4H. The summed E-state index contributed by atoms with van der Waals surface area (Å²) in [5.74, 6) is 0. The molecule has 4 heteroatoms. The van der Waals surface area contributed by atoms with E-state index in [9.17, 15) is 4.39 Å². The molecule has 1 rings (SSSR count). The Hall–Kier alpha value is -0.0800. The smallest absolute Gasteiger partial charge is 0.237 e. The summed E-state index contributed by atoms with van der Waals surface area (Å²) in [6, 6.07) is 0. The average Bonchev–Trinajstić information content (AvgIpc) is 1.78. The van der Waals surface area contributed by atoms with Gasteiger partial charge in [-0.3, -0.25) is 4.99 Å². The third kappa shape index (κ3) is 1.95. The molecule has 0 saturated carbocycles. The van der Waals surface area contributed by atoms with Crippen molar-refractivity contribution in [2.75, 3.05) is 0 Å². The van der Waals surface area contributed by atoms with Crippen molar-refractivity contribution in [1.29, 1.82) is 0 Å². The highest BCUT2D eigenvalue weighted by Gasteiger charge is 2.22. The Balaban J connectivity index is 2.70. The molecule has 2 atom stereocenters. The Labute approximate surface area is 62.2 Å². The molecule has 0 aliphatic carbocycles. The van der Waals surface area contributed by atoms with Crippen LogP contribution in [0.25, 0.3) is 0 Å². The maximum Gasteiger partial charge on any atom is 0.237 e. The van der Waals surface area contributed by atoms with Gasteiger partial charge in [-0.05, 0) is 12.2 Å². The number of halogens is 3. The largest absolute Gasteiger partial charge is 0.269 e. The lowest BCUT2D eigenvalue weighted by atomic mass is 10.3. The van der Waals surface area contributed by atoms with Crippen molar-refractivity contribution in [3.8, 4) is 0 Å². The van der Waals surface area contributed by atoms with Gasteiger partial charge in [0, 0.05) is 0 Å². The minimum atomic E-state index is -1.93. The Morgan fingerprint density at radius 1 is 1.67 bits per heavy atom. The summed E-state index contributed by atoms with van der Waals surface area (Å²) in [6.07, 6.45) is 3.54. The van der Waals surface area contributed by atoms with E-state index in [4.69, 9.17) is 23.2 Å². The number of alkyl halides is 3. The quantitative estimate of drug-likeness (QED) is 0.298. The summed E-state index contributed by atoms with van der Waals surface area (Å²) in [7, 11) is 0. The lowest BCUT2D eigenvalue weighted by Crippen LogP contribution is -2.17. The van der Waals surface area contributed by atoms with E-state index >= 15 is 0 Å². The second-order valence-corrected chi connectivity index (χ2v) is 2.71. The van der Waals surface area contributed by atoms with Gasteiger partial charge in [0.1, 0.15) is 5.50 Å². The molecule has 9 heavy (non-hydrogen) atoms. The first-order valence-corrected chi connectivity index (χ1v) is 3.17. The topological polar surface area (TPSA) is 12.4 Å². The fourth-order valence-corrected chi connectivity index (χ4v) is 0.729. The summed E-state index contributed by atoms with van der Waals surface area (Å²) < 4.78 is 12.5. The van der Waals surface area contributed by atoms with E-state index in [0.29, 0.717) is 0 Å². The van der Waals surface area contributed by atoms with Gasteiger partial charge >= 0.3 is 0 Å². The number of aliphatic imine (C=N–C) groups is 1. The third-order valence-corrected chi connectivity index (χ3v) is 1.35. The molecule has 0 fully saturated rings. The van der Waals surface area contributed by atoms with E-state index in [1.165, 1.54) is 12.2 Å². The van der Waals surface area contributed by atoms with Crippen molar-refractivity contribution in [2.45, 2.75) is 10.6 Å². The summed E-state index contributed by atoms with van der Waals surface area (Å²) in [5, 5.41) is -1.93. The van der Waals surface area contributed by atoms with Crippen LogP contribution in [0, 0.1) is 0 Å². The molecule has 50 valence electrons. The number of hydrogen-bond acceptors (Lipinski definition) is 1. The van der Waals surface area contributed by atoms with Gasteiger partial charge in [0.25, 0.3) is 0 Å². The molecule has 0 N–H and O–H groups in total. The molecule has 1 aliphatic heterocycles. The summed E-state index contributed by atoms with van der Waals surface area (Å²) in [6.45, 7) is 0. The fraction of sp³-hybridized carbons (Fsp3) is 0.400. The highest BCUT2D eigenvalue weighted by Crippen LogP contribution is 2.21. The van der Waals surface area contributed by atoms with Crippen molar-refractivity contribution in [3.05, 3.63) is 12.2 Å². The molecule has 1 nitrogen and oxygen atoms in total. The Kier molecular flexibility index (Phi) is 1.78. The van der Waals surface area contributed by atoms with Crippen LogP contribution in [0.3, 0.4) is 0 Å². The van der Waals surface area contributed by atoms with Crippen molar-refractivity contribution < 1.29 is 4.39 Å². The van der Waals surface area contributed by atoms with E-state index in [1.54, 1.807) is 0 Å². The van der Waals surface area contributed by atoms with Crippen LogP contribution in [0.1, 0.15) is 0 Å². The third-order valence-electron chi connectivity index (χ3n) is 0.866. The summed E-state index contributed by atoms with van der Waals surface area (Å²) in [4.78, 5) is 3.53. The molecule has 0 saturated heterocycles. The molecule has 0 aromatic carbocycles. The minimum absolute atomic E-state index is 0.465. The Bertz CT molecular complexity index is 148. The van der Waals surface area contributed by atoms with Gasteiger partial charge in [-0.2, -0.15) is 0 Å². The van der Waals surface area contributed by atoms with Crippen LogP contribution < -0.4 is 0 Å². The first-order valence-electron chi connectivity index (χ1n) is 2.36. The number of rotatable bonds is 0. The normalized spacial score (nSPS) is 41.4. The highest BCUT2D eigenvalue weighted by molar-refractivity contribution is 6.33. The maximum atomic E-state index is 12.5. The molecule has 0 aromatic rings. The minimum Gasteiger partial charge on any atom is -0.269 e. The number of hydrogen-bond donors (Lipinski definition) is 0. The van der Waals surface area contributed by atoms with Gasteiger partial charge in [-0.25, -0.2) is 4.39 Å². The number of nitrogens with zero attached hydrogens (tertiary/aromatic N) is 1. The molecular formula is C5H4Cl2FN. The van der Waals surface area contributed by atoms with Crippen molar-refractivity contribution in [3.63, 3.8) is 0 Å². The van der Waals surface area contributed by atoms with Crippen LogP contribution in [0.5, 0.6) is 0 Å². The van der Waals surface area contributed by atoms with E-state index < -0.39 is 10.6 Å². The molecule has 0 amide bonds. The number of allylic oxidation sites excluding steroid dienone is 1. The highest BCUT2D eigenvalue weighted by atomic mass is 35.5. The van der Waals surface area contributed by atoms with Crippen LogP contribution in [0.4, 0.5) is 4.39 Å². The molecule has 1 heterocycles. The monoisotopic (exact) mass is 167 g/mol. The van der Waals surface area contributed by atoms with Crippen LogP contribution in [0.2, 0.25) is 0 Å². The molecule has 0 aromatic heterocycles. The number of dihydropyridines is 1. The Morgan fingerprint density at radius 3 is 2.67 bits per heavy atom. The van der Waals surface area contributed by atoms with Gasteiger partial charge in [0.15, 0.2) is 0 Å². The van der Waals surface area contributed by atoms with Gasteiger partial charge in [-0.15, -0.1) is 0 Å². The second-order valence-electron chi connectivity index (χ2n) is 1.68. The van der Waals surface area contributed by atoms with E-state index in [0.717, 1.165) is 6.21 Å². The molecule has 0 bridgehead atoms. The lowest BCUT2D eigenvalue weighted by molar-refractivity contribution is 0.444. The van der Waals surface area contributed by atoms with E-state index in [2.05, 4.69) is 4.99 Å². The van der Waals surface area contributed by atoms with Crippen LogP contribution >= 0.6 is 23.2 Å². The fourth-order valence-electron chi connectivity index (χ4n) is 0.471. The Morgan fingerprint density at radius 2 is 2.33 bits per heavy atom. The van der Waals surface area contributed by atoms with Crippen molar-refractivity contribution >= 4 is 29.4 Å². The average molecular weight is 168 g/mol. The molecule has 2 unspecified atom stereocenters. The van der Waals surface area contributed by atoms with Gasteiger partial charge in [0.05, 0.1) is 6.21 Å². The van der Waals surface area contributed by atoms with E-state index in [-0.39, 0.29) is 0 Å². The molecule has 0 spiro atoms. The van der Waals surface area contributed by atoms with Crippen LogP contribution in [-0.2, 0) is 0 Å². The lowest BCUT2D eigenvalue weighted by Gasteiger charge is -2.11. The molecule has 0 radical (unpaired) electrons. The zero-order valence-corrected chi connectivity index (χ0v) is 5.90.